The molecule has 0 aliphatic heterocycles. The van der Waals surface area contributed by atoms with Crippen molar-refractivity contribution in [2.45, 2.75) is 31.9 Å². The van der Waals surface area contributed by atoms with Crippen LogP contribution < -0.4 is 0 Å². The first kappa shape index (κ1) is 19.3. The second-order valence-electron chi connectivity index (χ2n) is 5.81. The average molecular weight is 360 g/mol. The summed E-state index contributed by atoms with van der Waals surface area (Å²) in [6, 6.07) is 13.0. The predicted octanol–water partition coefficient (Wildman–Crippen LogP) is 4.58. The number of non-ortho nitro benzene ring substituents is 1. The number of nitro benzene ring substituents is 1. The predicted molar refractivity (Wildman–Crippen MR) is 103 cm³/mol. The SMILES string of the molecule is CCN(CC)Cc1cc([N+](=O)[O-])cc(CSCc2ccccc2)c1O. The Morgan fingerprint density at radius 3 is 2.32 bits per heavy atom. The number of nitrogens with zero attached hydrogens (tertiary/aromatic N) is 2. The number of hydrogen-bond donors (Lipinski definition) is 1. The first-order valence-corrected chi connectivity index (χ1v) is 9.53. The van der Waals surface area contributed by atoms with Crippen molar-refractivity contribution in [3.63, 3.8) is 0 Å². The fourth-order valence-electron chi connectivity index (χ4n) is 2.62. The number of phenols is 1. The fourth-order valence-corrected chi connectivity index (χ4v) is 3.59. The van der Waals surface area contributed by atoms with Crippen molar-refractivity contribution < 1.29 is 10.0 Å². The standard InChI is InChI=1S/C19H24N2O3S/c1-3-20(4-2)12-16-10-18(21(23)24)11-17(19(16)22)14-25-13-15-8-6-5-7-9-15/h5-11,22H,3-4,12-14H2,1-2H3. The van der Waals surface area contributed by atoms with Crippen LogP contribution in [0, 0.1) is 10.1 Å². The van der Waals surface area contributed by atoms with Gasteiger partial charge in [-0.25, -0.2) is 0 Å². The van der Waals surface area contributed by atoms with Gasteiger partial charge in [-0.3, -0.25) is 15.0 Å². The van der Waals surface area contributed by atoms with Gasteiger partial charge >= 0.3 is 0 Å². The highest BCUT2D eigenvalue weighted by molar-refractivity contribution is 7.97. The maximum Gasteiger partial charge on any atom is 0.270 e. The summed E-state index contributed by atoms with van der Waals surface area (Å²) < 4.78 is 0. The maximum absolute atomic E-state index is 11.2. The molecule has 0 fully saturated rings. The molecule has 5 nitrogen and oxygen atoms in total. The minimum absolute atomic E-state index is 0.0373. The molecule has 0 heterocycles. The third-order valence-corrected chi connectivity index (χ3v) is 5.17. The van der Waals surface area contributed by atoms with Crippen LogP contribution in [0.15, 0.2) is 42.5 Å². The van der Waals surface area contributed by atoms with Gasteiger partial charge in [-0.1, -0.05) is 44.2 Å². The summed E-state index contributed by atoms with van der Waals surface area (Å²) in [5.41, 5.74) is 2.47. The van der Waals surface area contributed by atoms with Crippen LogP contribution in [0.2, 0.25) is 0 Å². The lowest BCUT2D eigenvalue weighted by Crippen LogP contribution is -2.22. The van der Waals surface area contributed by atoms with E-state index in [9.17, 15) is 15.2 Å². The Morgan fingerprint density at radius 1 is 1.08 bits per heavy atom. The van der Waals surface area contributed by atoms with E-state index in [0.29, 0.717) is 23.4 Å². The molecule has 0 radical (unpaired) electrons. The normalized spacial score (nSPS) is 11.0. The van der Waals surface area contributed by atoms with Crippen LogP contribution >= 0.6 is 11.8 Å². The van der Waals surface area contributed by atoms with Gasteiger partial charge < -0.3 is 5.11 Å². The second-order valence-corrected chi connectivity index (χ2v) is 6.80. The molecule has 6 heteroatoms. The molecule has 1 N–H and O–H groups in total. The van der Waals surface area contributed by atoms with Crippen molar-refractivity contribution >= 4 is 17.4 Å². The van der Waals surface area contributed by atoms with Crippen molar-refractivity contribution in [2.75, 3.05) is 13.1 Å². The van der Waals surface area contributed by atoms with E-state index in [1.165, 1.54) is 17.7 Å². The smallest absolute Gasteiger partial charge is 0.270 e. The molecule has 0 bridgehead atoms. The van der Waals surface area contributed by atoms with E-state index >= 15 is 0 Å². The van der Waals surface area contributed by atoms with Gasteiger partial charge in [-0.15, -0.1) is 0 Å². The molecule has 25 heavy (non-hydrogen) atoms. The molecule has 0 aromatic heterocycles. The van der Waals surface area contributed by atoms with E-state index in [2.05, 4.69) is 4.90 Å². The quantitative estimate of drug-likeness (QED) is 0.524. The average Bonchev–Trinajstić information content (AvgIpc) is 2.62. The third-order valence-electron chi connectivity index (χ3n) is 4.12. The molecule has 0 aliphatic carbocycles. The van der Waals surface area contributed by atoms with Gasteiger partial charge in [0.15, 0.2) is 0 Å². The van der Waals surface area contributed by atoms with E-state index in [1.54, 1.807) is 11.8 Å². The first-order chi connectivity index (χ1) is 12.0. The first-order valence-electron chi connectivity index (χ1n) is 8.38. The summed E-state index contributed by atoms with van der Waals surface area (Å²) in [7, 11) is 0. The van der Waals surface area contributed by atoms with Crippen molar-refractivity contribution in [1.82, 2.24) is 4.90 Å². The molecule has 2 aromatic carbocycles. The lowest BCUT2D eigenvalue weighted by Gasteiger charge is -2.19. The summed E-state index contributed by atoms with van der Waals surface area (Å²) in [4.78, 5) is 13.0. The van der Waals surface area contributed by atoms with Gasteiger partial charge in [0.05, 0.1) is 4.92 Å². The highest BCUT2D eigenvalue weighted by atomic mass is 32.2. The Morgan fingerprint density at radius 2 is 1.72 bits per heavy atom. The minimum Gasteiger partial charge on any atom is -0.507 e. The van der Waals surface area contributed by atoms with Crippen LogP contribution in [-0.2, 0) is 18.1 Å². The van der Waals surface area contributed by atoms with E-state index in [4.69, 9.17) is 0 Å². The van der Waals surface area contributed by atoms with Crippen molar-refractivity contribution in [3.05, 3.63) is 69.3 Å². The lowest BCUT2D eigenvalue weighted by atomic mass is 10.1. The fraction of sp³-hybridized carbons (Fsp3) is 0.368. The van der Waals surface area contributed by atoms with E-state index in [-0.39, 0.29) is 11.4 Å². The third kappa shape index (κ3) is 5.47. The Kier molecular flexibility index (Phi) is 7.28. The molecule has 2 aromatic rings. The molecule has 0 atom stereocenters. The highest BCUT2D eigenvalue weighted by Gasteiger charge is 2.17. The molecule has 0 aliphatic rings. The highest BCUT2D eigenvalue weighted by Crippen LogP contribution is 2.32. The second kappa shape index (κ2) is 9.44. The van der Waals surface area contributed by atoms with Gasteiger partial charge in [-0.05, 0) is 18.7 Å². The molecular weight excluding hydrogens is 336 g/mol. The monoisotopic (exact) mass is 360 g/mol. The Hall–Kier alpha value is -2.05. The van der Waals surface area contributed by atoms with Gasteiger partial charge in [0, 0.05) is 41.3 Å². The molecule has 0 amide bonds. The van der Waals surface area contributed by atoms with Crippen LogP contribution in [-0.4, -0.2) is 28.0 Å². The molecule has 0 spiro atoms. The Balaban J connectivity index is 2.17. The van der Waals surface area contributed by atoms with Crippen molar-refractivity contribution in [1.29, 1.82) is 0 Å². The van der Waals surface area contributed by atoms with E-state index in [0.717, 1.165) is 18.8 Å². The number of phenolic OH excluding ortho intramolecular Hbond substituents is 1. The largest absolute Gasteiger partial charge is 0.507 e. The number of aromatic hydroxyl groups is 1. The number of benzene rings is 2. The van der Waals surface area contributed by atoms with Gasteiger partial charge in [-0.2, -0.15) is 11.8 Å². The number of thioether (sulfide) groups is 1. The lowest BCUT2D eigenvalue weighted by molar-refractivity contribution is -0.385. The van der Waals surface area contributed by atoms with Crippen LogP contribution in [0.1, 0.15) is 30.5 Å². The van der Waals surface area contributed by atoms with E-state index < -0.39 is 4.92 Å². The molecule has 0 unspecified atom stereocenters. The van der Waals surface area contributed by atoms with Gasteiger partial charge in [0.1, 0.15) is 5.75 Å². The van der Waals surface area contributed by atoms with Crippen LogP contribution in [0.25, 0.3) is 0 Å². The van der Waals surface area contributed by atoms with E-state index in [1.807, 2.05) is 44.2 Å². The maximum atomic E-state index is 11.2. The van der Waals surface area contributed by atoms with Gasteiger partial charge in [0.25, 0.3) is 5.69 Å². The van der Waals surface area contributed by atoms with Crippen molar-refractivity contribution in [2.24, 2.45) is 0 Å². The Labute approximate surface area is 152 Å². The number of hydrogen-bond acceptors (Lipinski definition) is 5. The zero-order valence-corrected chi connectivity index (χ0v) is 15.5. The molecule has 0 saturated carbocycles. The number of rotatable bonds is 9. The number of nitro groups is 1. The zero-order chi connectivity index (χ0) is 18.2. The van der Waals surface area contributed by atoms with Crippen LogP contribution in [0.3, 0.4) is 0 Å². The molecule has 134 valence electrons. The van der Waals surface area contributed by atoms with Crippen LogP contribution in [0.4, 0.5) is 5.69 Å². The summed E-state index contributed by atoms with van der Waals surface area (Å²) in [5, 5.41) is 21.8. The van der Waals surface area contributed by atoms with Crippen LogP contribution in [0.5, 0.6) is 5.75 Å². The zero-order valence-electron chi connectivity index (χ0n) is 14.6. The molecule has 2 rings (SSSR count). The topological polar surface area (TPSA) is 66.6 Å². The summed E-state index contributed by atoms with van der Waals surface area (Å²) >= 11 is 1.64. The molecule has 0 saturated heterocycles. The summed E-state index contributed by atoms with van der Waals surface area (Å²) in [6.07, 6.45) is 0. The Bertz CT molecular complexity index is 703. The summed E-state index contributed by atoms with van der Waals surface area (Å²) in [5.74, 6) is 1.51. The molecular formula is C19H24N2O3S. The minimum atomic E-state index is -0.392. The van der Waals surface area contributed by atoms with Gasteiger partial charge in [0.2, 0.25) is 0 Å². The summed E-state index contributed by atoms with van der Waals surface area (Å²) in [6.45, 7) is 6.24. The van der Waals surface area contributed by atoms with Crippen molar-refractivity contribution in [3.8, 4) is 5.75 Å².